The third-order valence-electron chi connectivity index (χ3n) is 7.13. The maximum Gasteiger partial charge on any atom is 0.242 e. The number of aromatic amines is 1. The number of H-pyrrole nitrogens is 1. The van der Waals surface area contributed by atoms with Crippen LogP contribution in [0.3, 0.4) is 0 Å². The van der Waals surface area contributed by atoms with Crippen LogP contribution in [-0.2, 0) is 22.6 Å². The van der Waals surface area contributed by atoms with Crippen molar-refractivity contribution < 1.29 is 14.0 Å². The van der Waals surface area contributed by atoms with E-state index in [0.717, 1.165) is 47.7 Å². The zero-order valence-electron chi connectivity index (χ0n) is 20.8. The van der Waals surface area contributed by atoms with Crippen LogP contribution < -0.4 is 0 Å². The van der Waals surface area contributed by atoms with E-state index < -0.39 is 0 Å². The lowest BCUT2D eigenvalue weighted by atomic mass is 9.88. The first kappa shape index (κ1) is 25.0. The predicted molar refractivity (Wildman–Crippen MR) is 137 cm³/mol. The molecule has 0 radical (unpaired) electrons. The molecule has 1 aliphatic carbocycles. The molecular formula is C29H36FN3O2. The largest absolute Gasteiger partial charge is 0.361 e. The summed E-state index contributed by atoms with van der Waals surface area (Å²) in [6, 6.07) is 14.4. The van der Waals surface area contributed by atoms with Crippen molar-refractivity contribution in [3.05, 3.63) is 71.7 Å². The van der Waals surface area contributed by atoms with E-state index in [1.54, 1.807) is 21.9 Å². The fourth-order valence-electron chi connectivity index (χ4n) is 5.04. The minimum atomic E-state index is -0.297. The summed E-state index contributed by atoms with van der Waals surface area (Å²) in [5.74, 6) is -0.247. The van der Waals surface area contributed by atoms with Gasteiger partial charge in [0.2, 0.25) is 11.8 Å². The maximum atomic E-state index is 13.6. The number of hydrogen-bond donors (Lipinski definition) is 1. The fourth-order valence-corrected chi connectivity index (χ4v) is 5.04. The van der Waals surface area contributed by atoms with Crippen molar-refractivity contribution in [3.63, 3.8) is 0 Å². The molecule has 2 aromatic carbocycles. The lowest BCUT2D eigenvalue weighted by Gasteiger charge is -2.33. The van der Waals surface area contributed by atoms with Crippen molar-refractivity contribution in [2.45, 2.75) is 65.0 Å². The third kappa shape index (κ3) is 6.30. The van der Waals surface area contributed by atoms with Crippen LogP contribution in [0, 0.1) is 11.7 Å². The minimum Gasteiger partial charge on any atom is -0.361 e. The van der Waals surface area contributed by atoms with Gasteiger partial charge in [0, 0.05) is 42.1 Å². The summed E-state index contributed by atoms with van der Waals surface area (Å²) >= 11 is 0. The monoisotopic (exact) mass is 477 g/mol. The Morgan fingerprint density at radius 1 is 1.03 bits per heavy atom. The number of para-hydroxylation sites is 1. The number of nitrogens with zero attached hydrogens (tertiary/aromatic N) is 2. The lowest BCUT2D eigenvalue weighted by molar-refractivity contribution is -0.145. The summed E-state index contributed by atoms with van der Waals surface area (Å²) in [7, 11) is 0. The highest BCUT2D eigenvalue weighted by Gasteiger charge is 2.30. The first-order valence-corrected chi connectivity index (χ1v) is 12.8. The molecule has 1 aliphatic rings. The van der Waals surface area contributed by atoms with Gasteiger partial charge in [0.1, 0.15) is 5.82 Å². The summed E-state index contributed by atoms with van der Waals surface area (Å²) in [4.78, 5) is 33.7. The number of nitrogens with one attached hydrogen (secondary N) is 1. The molecule has 5 nitrogen and oxygen atoms in total. The van der Waals surface area contributed by atoms with Crippen LogP contribution in [0.1, 0.15) is 57.1 Å². The minimum absolute atomic E-state index is 0.0238. The molecule has 0 saturated heterocycles. The first-order valence-electron chi connectivity index (χ1n) is 12.8. The van der Waals surface area contributed by atoms with E-state index in [1.807, 2.05) is 38.2 Å². The fraction of sp³-hybridized carbons (Fsp3) is 0.448. The average molecular weight is 478 g/mol. The SMILES string of the molecule is CC(C)N(CC(=O)N(CCc1c[nH]c2ccccc12)Cc1ccc(F)cc1)C(=O)C1CCCCC1. The molecule has 1 heterocycles. The zero-order chi connectivity index (χ0) is 24.8. The normalized spacial score (nSPS) is 14.4. The Labute approximate surface area is 207 Å². The molecule has 0 unspecified atom stereocenters. The average Bonchev–Trinajstić information content (AvgIpc) is 3.29. The number of amides is 2. The Balaban J connectivity index is 1.50. The molecule has 3 aromatic rings. The van der Waals surface area contributed by atoms with Crippen LogP contribution in [-0.4, -0.2) is 45.7 Å². The number of halogens is 1. The Morgan fingerprint density at radius 3 is 2.46 bits per heavy atom. The van der Waals surface area contributed by atoms with Gasteiger partial charge in [-0.25, -0.2) is 4.39 Å². The summed E-state index contributed by atoms with van der Waals surface area (Å²) in [6.07, 6.45) is 7.86. The third-order valence-corrected chi connectivity index (χ3v) is 7.13. The highest BCUT2D eigenvalue weighted by Crippen LogP contribution is 2.26. The molecule has 2 amide bonds. The van der Waals surface area contributed by atoms with Crippen LogP contribution in [0.15, 0.2) is 54.7 Å². The second-order valence-electron chi connectivity index (χ2n) is 9.95. The topological polar surface area (TPSA) is 56.4 Å². The van der Waals surface area contributed by atoms with Crippen LogP contribution in [0.2, 0.25) is 0 Å². The number of rotatable bonds is 9. The van der Waals surface area contributed by atoms with Gasteiger partial charge in [0.15, 0.2) is 0 Å². The maximum absolute atomic E-state index is 13.6. The number of carbonyl (C=O) groups is 2. The summed E-state index contributed by atoms with van der Waals surface area (Å²) < 4.78 is 13.5. The Bertz CT molecular complexity index is 1130. The molecule has 186 valence electrons. The molecule has 6 heteroatoms. The lowest BCUT2D eigenvalue weighted by Crippen LogP contribution is -2.48. The molecule has 1 saturated carbocycles. The van der Waals surface area contributed by atoms with Crippen molar-refractivity contribution in [1.29, 1.82) is 0 Å². The van der Waals surface area contributed by atoms with Crippen LogP contribution in [0.5, 0.6) is 0 Å². The predicted octanol–water partition coefficient (Wildman–Crippen LogP) is 5.70. The van der Waals surface area contributed by atoms with E-state index in [0.29, 0.717) is 19.5 Å². The summed E-state index contributed by atoms with van der Waals surface area (Å²) in [6.45, 7) is 4.92. The zero-order valence-corrected chi connectivity index (χ0v) is 20.8. The summed E-state index contributed by atoms with van der Waals surface area (Å²) in [5.41, 5.74) is 3.09. The van der Waals surface area contributed by atoms with E-state index in [-0.39, 0.29) is 36.1 Å². The van der Waals surface area contributed by atoms with Crippen molar-refractivity contribution in [1.82, 2.24) is 14.8 Å². The first-order chi connectivity index (χ1) is 16.9. The number of carbonyl (C=O) groups excluding carboxylic acids is 2. The molecule has 1 fully saturated rings. The second kappa shape index (κ2) is 11.5. The molecule has 35 heavy (non-hydrogen) atoms. The Hall–Kier alpha value is -3.15. The Kier molecular flexibility index (Phi) is 8.21. The van der Waals surface area contributed by atoms with Crippen LogP contribution >= 0.6 is 0 Å². The van der Waals surface area contributed by atoms with E-state index >= 15 is 0 Å². The van der Waals surface area contributed by atoms with Crippen molar-refractivity contribution in [2.75, 3.05) is 13.1 Å². The molecule has 0 aliphatic heterocycles. The number of benzene rings is 2. The number of hydrogen-bond acceptors (Lipinski definition) is 2. The molecule has 0 bridgehead atoms. The molecule has 0 spiro atoms. The van der Waals surface area contributed by atoms with Gasteiger partial charge in [-0.05, 0) is 62.4 Å². The molecule has 0 atom stereocenters. The van der Waals surface area contributed by atoms with E-state index in [2.05, 4.69) is 11.1 Å². The van der Waals surface area contributed by atoms with Crippen molar-refractivity contribution >= 4 is 22.7 Å². The molecule has 1 N–H and O–H groups in total. The highest BCUT2D eigenvalue weighted by molar-refractivity contribution is 5.86. The van der Waals surface area contributed by atoms with Gasteiger partial charge < -0.3 is 14.8 Å². The highest BCUT2D eigenvalue weighted by atomic mass is 19.1. The van der Waals surface area contributed by atoms with Gasteiger partial charge in [-0.15, -0.1) is 0 Å². The number of fused-ring (bicyclic) bond motifs is 1. The molecule has 1 aromatic heterocycles. The van der Waals surface area contributed by atoms with Gasteiger partial charge in [0.05, 0.1) is 6.54 Å². The molecule has 4 rings (SSSR count). The number of aromatic nitrogens is 1. The van der Waals surface area contributed by atoms with Gasteiger partial charge in [-0.3, -0.25) is 9.59 Å². The smallest absolute Gasteiger partial charge is 0.242 e. The Morgan fingerprint density at radius 2 is 1.74 bits per heavy atom. The second-order valence-corrected chi connectivity index (χ2v) is 9.95. The quantitative estimate of drug-likeness (QED) is 0.430. The molecular weight excluding hydrogens is 441 g/mol. The van der Waals surface area contributed by atoms with Crippen molar-refractivity contribution in [2.24, 2.45) is 5.92 Å². The van der Waals surface area contributed by atoms with E-state index in [1.165, 1.54) is 18.6 Å². The van der Waals surface area contributed by atoms with Crippen molar-refractivity contribution in [3.8, 4) is 0 Å². The van der Waals surface area contributed by atoms with E-state index in [4.69, 9.17) is 0 Å². The van der Waals surface area contributed by atoms with Crippen LogP contribution in [0.4, 0.5) is 4.39 Å². The van der Waals surface area contributed by atoms with Gasteiger partial charge in [-0.2, -0.15) is 0 Å². The van der Waals surface area contributed by atoms with Gasteiger partial charge >= 0.3 is 0 Å². The van der Waals surface area contributed by atoms with E-state index in [9.17, 15) is 14.0 Å². The summed E-state index contributed by atoms with van der Waals surface area (Å²) in [5, 5.41) is 1.15. The van der Waals surface area contributed by atoms with Crippen LogP contribution in [0.25, 0.3) is 10.9 Å². The van der Waals surface area contributed by atoms with Gasteiger partial charge in [-0.1, -0.05) is 49.6 Å². The van der Waals surface area contributed by atoms with Gasteiger partial charge in [0.25, 0.3) is 0 Å². The standard InChI is InChI=1S/C29H36FN3O2/c1-21(2)33(29(35)23-8-4-3-5-9-23)20-28(34)32(19-22-12-14-25(30)15-13-22)17-16-24-18-31-27-11-7-6-10-26(24)27/h6-7,10-15,18,21,23,31H,3-5,8-9,16-17,19-20H2,1-2H3.